The molecule has 0 radical (unpaired) electrons. The molecule has 0 saturated carbocycles. The topological polar surface area (TPSA) is 36.4 Å². The van der Waals surface area contributed by atoms with Crippen LogP contribution in [0.3, 0.4) is 0 Å². The normalized spacial score (nSPS) is 23.5. The van der Waals surface area contributed by atoms with E-state index in [2.05, 4.69) is 16.8 Å². The Labute approximate surface area is 105 Å². The van der Waals surface area contributed by atoms with Gasteiger partial charge in [0.2, 0.25) is 0 Å². The van der Waals surface area contributed by atoms with Crippen LogP contribution in [0.15, 0.2) is 0 Å². The molecule has 0 amide bonds. The van der Waals surface area contributed by atoms with E-state index in [0.717, 1.165) is 28.8 Å². The molecule has 1 saturated heterocycles. The monoisotopic (exact) mass is 258 g/mol. The average molecular weight is 258 g/mol. The fraction of sp³-hybridized carbons (Fsp3) is 0.727. The molecule has 5 heteroatoms. The molecule has 2 unspecified atom stereocenters. The van der Waals surface area contributed by atoms with Crippen LogP contribution in [-0.4, -0.2) is 34.2 Å². The number of nitrogens with zero attached hydrogens (tertiary/aromatic N) is 2. The minimum Gasteiger partial charge on any atom is -0.388 e. The number of hydrogen-bond donors (Lipinski definition) is 1. The maximum absolute atomic E-state index is 9.62. The van der Waals surface area contributed by atoms with Gasteiger partial charge in [0.1, 0.15) is 0 Å². The third-order valence-corrected chi connectivity index (χ3v) is 5.24. The Bertz CT molecular complexity index is 365. The zero-order valence-electron chi connectivity index (χ0n) is 9.93. The van der Waals surface area contributed by atoms with Crippen LogP contribution in [0.5, 0.6) is 0 Å². The fourth-order valence-electron chi connectivity index (χ4n) is 1.91. The number of aryl methyl sites for hydroxylation is 1. The highest BCUT2D eigenvalue weighted by Gasteiger charge is 2.21. The summed E-state index contributed by atoms with van der Waals surface area (Å²) in [7, 11) is 0. The lowest BCUT2D eigenvalue weighted by atomic mass is 10.3. The van der Waals surface area contributed by atoms with Gasteiger partial charge >= 0.3 is 0 Å². The molecule has 1 N–H and O–H groups in total. The number of thioether (sulfide) groups is 1. The molecule has 0 spiro atoms. The van der Waals surface area contributed by atoms with E-state index < -0.39 is 6.10 Å². The predicted octanol–water partition coefficient (Wildman–Crippen LogP) is 2.45. The molecule has 1 aromatic rings. The van der Waals surface area contributed by atoms with Gasteiger partial charge in [-0.1, -0.05) is 18.3 Å². The van der Waals surface area contributed by atoms with Gasteiger partial charge in [-0.15, -0.1) is 0 Å². The summed E-state index contributed by atoms with van der Waals surface area (Å²) < 4.78 is 0. The SMILES string of the molecule is Cc1nc(N2CCSC(C)C2)sc1C(C)O. The molecule has 1 aromatic heterocycles. The highest BCUT2D eigenvalue weighted by molar-refractivity contribution is 8.00. The van der Waals surface area contributed by atoms with E-state index in [1.165, 1.54) is 5.75 Å². The lowest BCUT2D eigenvalue weighted by Crippen LogP contribution is -2.36. The number of anilines is 1. The summed E-state index contributed by atoms with van der Waals surface area (Å²) in [5, 5.41) is 11.4. The first-order valence-electron chi connectivity index (χ1n) is 5.60. The maximum atomic E-state index is 9.62. The van der Waals surface area contributed by atoms with E-state index in [1.807, 2.05) is 18.7 Å². The van der Waals surface area contributed by atoms with Gasteiger partial charge in [-0.3, -0.25) is 0 Å². The number of hydrogen-bond acceptors (Lipinski definition) is 5. The number of aliphatic hydroxyl groups excluding tert-OH is 1. The largest absolute Gasteiger partial charge is 0.388 e. The van der Waals surface area contributed by atoms with Gasteiger partial charge in [0.05, 0.1) is 16.7 Å². The van der Waals surface area contributed by atoms with E-state index in [9.17, 15) is 5.11 Å². The van der Waals surface area contributed by atoms with Gasteiger partial charge in [0.15, 0.2) is 5.13 Å². The van der Waals surface area contributed by atoms with E-state index in [4.69, 9.17) is 0 Å². The predicted molar refractivity (Wildman–Crippen MR) is 71.6 cm³/mol. The van der Waals surface area contributed by atoms with Gasteiger partial charge in [-0.2, -0.15) is 11.8 Å². The first-order chi connectivity index (χ1) is 7.58. The highest BCUT2D eigenvalue weighted by atomic mass is 32.2. The molecule has 2 heterocycles. The molecular formula is C11H18N2OS2. The molecule has 1 aliphatic heterocycles. The van der Waals surface area contributed by atoms with Crippen molar-refractivity contribution in [3.63, 3.8) is 0 Å². The summed E-state index contributed by atoms with van der Waals surface area (Å²) in [6.07, 6.45) is -0.400. The van der Waals surface area contributed by atoms with Crippen LogP contribution in [-0.2, 0) is 0 Å². The van der Waals surface area contributed by atoms with Crippen LogP contribution in [0, 0.1) is 6.92 Å². The molecule has 1 fully saturated rings. The van der Waals surface area contributed by atoms with Crippen molar-refractivity contribution < 1.29 is 5.11 Å². The quantitative estimate of drug-likeness (QED) is 0.884. The van der Waals surface area contributed by atoms with Gasteiger partial charge in [-0.25, -0.2) is 4.98 Å². The molecule has 1 aliphatic rings. The Kier molecular flexibility index (Phi) is 3.77. The van der Waals surface area contributed by atoms with Crippen molar-refractivity contribution >= 4 is 28.2 Å². The summed E-state index contributed by atoms with van der Waals surface area (Å²) in [6.45, 7) is 8.17. The lowest BCUT2D eigenvalue weighted by molar-refractivity contribution is 0.202. The molecular weight excluding hydrogens is 240 g/mol. The second-order valence-electron chi connectivity index (χ2n) is 4.25. The molecule has 0 aliphatic carbocycles. The van der Waals surface area contributed by atoms with Gasteiger partial charge < -0.3 is 10.0 Å². The van der Waals surface area contributed by atoms with Gasteiger partial charge in [-0.05, 0) is 13.8 Å². The summed E-state index contributed by atoms with van der Waals surface area (Å²) >= 11 is 3.65. The molecule has 2 atom stereocenters. The fourth-order valence-corrected chi connectivity index (χ4v) is 3.96. The molecule has 0 bridgehead atoms. The Morgan fingerprint density at radius 2 is 2.31 bits per heavy atom. The Morgan fingerprint density at radius 1 is 1.56 bits per heavy atom. The Balaban J connectivity index is 2.17. The Morgan fingerprint density at radius 3 is 2.88 bits per heavy atom. The summed E-state index contributed by atoms with van der Waals surface area (Å²) in [5.74, 6) is 1.17. The zero-order valence-corrected chi connectivity index (χ0v) is 11.6. The second kappa shape index (κ2) is 4.94. The highest BCUT2D eigenvalue weighted by Crippen LogP contribution is 2.32. The lowest BCUT2D eigenvalue weighted by Gasteiger charge is -2.30. The smallest absolute Gasteiger partial charge is 0.185 e. The number of thiazole rings is 1. The number of aromatic nitrogens is 1. The van der Waals surface area contributed by atoms with Crippen molar-refractivity contribution in [1.29, 1.82) is 0 Å². The van der Waals surface area contributed by atoms with Crippen molar-refractivity contribution in [1.82, 2.24) is 4.98 Å². The van der Waals surface area contributed by atoms with E-state index >= 15 is 0 Å². The number of aliphatic hydroxyl groups is 1. The van der Waals surface area contributed by atoms with Crippen molar-refractivity contribution in [3.8, 4) is 0 Å². The molecule has 3 nitrogen and oxygen atoms in total. The molecule has 2 rings (SSSR count). The van der Waals surface area contributed by atoms with Crippen molar-refractivity contribution in [3.05, 3.63) is 10.6 Å². The van der Waals surface area contributed by atoms with Gasteiger partial charge in [0, 0.05) is 24.1 Å². The first kappa shape index (κ1) is 12.2. The zero-order chi connectivity index (χ0) is 11.7. The summed E-state index contributed by atoms with van der Waals surface area (Å²) in [5.41, 5.74) is 0.973. The summed E-state index contributed by atoms with van der Waals surface area (Å²) in [4.78, 5) is 7.90. The number of rotatable bonds is 2. The molecule has 0 aromatic carbocycles. The Hall–Kier alpha value is -0.260. The molecule has 16 heavy (non-hydrogen) atoms. The van der Waals surface area contributed by atoms with Crippen LogP contribution in [0.4, 0.5) is 5.13 Å². The minimum absolute atomic E-state index is 0.400. The van der Waals surface area contributed by atoms with E-state index in [0.29, 0.717) is 5.25 Å². The van der Waals surface area contributed by atoms with E-state index in [-0.39, 0.29) is 0 Å². The van der Waals surface area contributed by atoms with Crippen LogP contribution in [0.25, 0.3) is 0 Å². The van der Waals surface area contributed by atoms with Gasteiger partial charge in [0.25, 0.3) is 0 Å². The van der Waals surface area contributed by atoms with E-state index in [1.54, 1.807) is 18.3 Å². The van der Waals surface area contributed by atoms with Crippen molar-refractivity contribution in [2.24, 2.45) is 0 Å². The first-order valence-corrected chi connectivity index (χ1v) is 7.46. The second-order valence-corrected chi connectivity index (χ2v) is 6.80. The van der Waals surface area contributed by atoms with Crippen molar-refractivity contribution in [2.45, 2.75) is 32.1 Å². The third-order valence-electron chi connectivity index (χ3n) is 2.71. The minimum atomic E-state index is -0.400. The third kappa shape index (κ3) is 2.52. The van der Waals surface area contributed by atoms with Crippen LogP contribution >= 0.6 is 23.1 Å². The summed E-state index contributed by atoms with van der Waals surface area (Å²) in [6, 6.07) is 0. The maximum Gasteiger partial charge on any atom is 0.185 e. The standard InChI is InChI=1S/C11H18N2OS2/c1-7-6-13(4-5-15-7)11-12-8(2)10(16-11)9(3)14/h7,9,14H,4-6H2,1-3H3. The average Bonchev–Trinajstić information content (AvgIpc) is 2.60. The van der Waals surface area contributed by atoms with Crippen LogP contribution in [0.1, 0.15) is 30.5 Å². The van der Waals surface area contributed by atoms with Crippen LogP contribution in [0.2, 0.25) is 0 Å². The van der Waals surface area contributed by atoms with Crippen LogP contribution < -0.4 is 4.90 Å². The van der Waals surface area contributed by atoms with Crippen molar-refractivity contribution in [2.75, 3.05) is 23.7 Å². The molecule has 90 valence electrons.